The molecular weight excluding hydrogens is 274 g/mol. The van der Waals surface area contributed by atoms with Crippen LogP contribution in [-0.4, -0.2) is 18.7 Å². The standard InChI is InChI=1S/C11H12BrNOS/c1-7(14)13-4-3-8-5-11(15-2)9(12)6-10(8)13/h5-6H,3-4H2,1-2H3. The van der Waals surface area contributed by atoms with Gasteiger partial charge in [0.25, 0.3) is 0 Å². The molecule has 4 heteroatoms. The Morgan fingerprint density at radius 2 is 2.27 bits per heavy atom. The zero-order valence-corrected chi connectivity index (χ0v) is 11.1. The second-order valence-corrected chi connectivity index (χ2v) is 5.24. The minimum absolute atomic E-state index is 0.123. The normalized spacial score (nSPS) is 14.2. The monoisotopic (exact) mass is 285 g/mol. The van der Waals surface area contributed by atoms with Crippen molar-refractivity contribution in [2.24, 2.45) is 0 Å². The van der Waals surface area contributed by atoms with Gasteiger partial charge in [0, 0.05) is 28.5 Å². The van der Waals surface area contributed by atoms with E-state index in [9.17, 15) is 4.79 Å². The van der Waals surface area contributed by atoms with Gasteiger partial charge in [-0.15, -0.1) is 11.8 Å². The van der Waals surface area contributed by atoms with E-state index < -0.39 is 0 Å². The quantitative estimate of drug-likeness (QED) is 0.739. The second kappa shape index (κ2) is 4.18. The third-order valence-corrected chi connectivity index (χ3v) is 4.32. The van der Waals surface area contributed by atoms with Crippen molar-refractivity contribution in [1.82, 2.24) is 0 Å². The summed E-state index contributed by atoms with van der Waals surface area (Å²) in [5, 5.41) is 0. The van der Waals surface area contributed by atoms with E-state index in [1.807, 2.05) is 4.90 Å². The predicted molar refractivity (Wildman–Crippen MR) is 67.7 cm³/mol. The summed E-state index contributed by atoms with van der Waals surface area (Å²) < 4.78 is 1.07. The van der Waals surface area contributed by atoms with Gasteiger partial charge in [0.1, 0.15) is 0 Å². The van der Waals surface area contributed by atoms with Crippen LogP contribution in [0.15, 0.2) is 21.5 Å². The summed E-state index contributed by atoms with van der Waals surface area (Å²) in [4.78, 5) is 14.5. The molecule has 0 unspecified atom stereocenters. The van der Waals surface area contributed by atoms with Crippen molar-refractivity contribution in [3.63, 3.8) is 0 Å². The maximum atomic E-state index is 11.4. The van der Waals surface area contributed by atoms with E-state index in [1.165, 1.54) is 10.5 Å². The Morgan fingerprint density at radius 1 is 1.53 bits per heavy atom. The Balaban J connectivity index is 2.47. The third kappa shape index (κ3) is 1.93. The van der Waals surface area contributed by atoms with Crippen LogP contribution in [0.25, 0.3) is 0 Å². The molecule has 0 aliphatic carbocycles. The molecule has 0 bridgehead atoms. The molecule has 0 spiro atoms. The lowest BCUT2D eigenvalue weighted by Gasteiger charge is -2.15. The van der Waals surface area contributed by atoms with Gasteiger partial charge in [-0.1, -0.05) is 0 Å². The van der Waals surface area contributed by atoms with Crippen molar-refractivity contribution in [3.05, 3.63) is 22.2 Å². The molecule has 0 aromatic heterocycles. The molecule has 15 heavy (non-hydrogen) atoms. The lowest BCUT2D eigenvalue weighted by atomic mass is 10.2. The number of hydrogen-bond acceptors (Lipinski definition) is 2. The number of nitrogens with zero attached hydrogens (tertiary/aromatic N) is 1. The van der Waals surface area contributed by atoms with Gasteiger partial charge in [-0.2, -0.15) is 0 Å². The highest BCUT2D eigenvalue weighted by molar-refractivity contribution is 9.10. The molecule has 0 atom stereocenters. The van der Waals surface area contributed by atoms with Crippen molar-refractivity contribution in [2.75, 3.05) is 17.7 Å². The van der Waals surface area contributed by atoms with Crippen molar-refractivity contribution < 1.29 is 4.79 Å². The van der Waals surface area contributed by atoms with Gasteiger partial charge in [0.15, 0.2) is 0 Å². The highest BCUT2D eigenvalue weighted by Crippen LogP contribution is 2.36. The molecule has 0 N–H and O–H groups in total. The van der Waals surface area contributed by atoms with Crippen LogP contribution in [0.4, 0.5) is 5.69 Å². The first-order valence-corrected chi connectivity index (χ1v) is 6.79. The fourth-order valence-corrected chi connectivity index (χ4v) is 3.20. The number of thioether (sulfide) groups is 1. The van der Waals surface area contributed by atoms with Gasteiger partial charge >= 0.3 is 0 Å². The second-order valence-electron chi connectivity index (χ2n) is 3.54. The number of halogens is 1. The summed E-state index contributed by atoms with van der Waals surface area (Å²) in [6.07, 6.45) is 3.03. The van der Waals surface area contributed by atoms with Crippen molar-refractivity contribution in [3.8, 4) is 0 Å². The highest BCUT2D eigenvalue weighted by atomic mass is 79.9. The molecule has 80 valence electrons. The zero-order valence-electron chi connectivity index (χ0n) is 8.71. The van der Waals surface area contributed by atoms with E-state index in [-0.39, 0.29) is 5.91 Å². The molecule has 1 aliphatic heterocycles. The average molecular weight is 286 g/mol. The van der Waals surface area contributed by atoms with Crippen LogP contribution in [-0.2, 0) is 11.2 Å². The zero-order chi connectivity index (χ0) is 11.0. The molecule has 0 saturated carbocycles. The molecule has 1 aromatic rings. The summed E-state index contributed by atoms with van der Waals surface area (Å²) in [5.41, 5.74) is 2.34. The van der Waals surface area contributed by atoms with Crippen LogP contribution in [0.2, 0.25) is 0 Å². The molecule has 0 fully saturated rings. The summed E-state index contributed by atoms with van der Waals surface area (Å²) >= 11 is 5.25. The lowest BCUT2D eigenvalue weighted by Crippen LogP contribution is -2.25. The summed E-state index contributed by atoms with van der Waals surface area (Å²) in [7, 11) is 0. The Kier molecular flexibility index (Phi) is 3.07. The van der Waals surface area contributed by atoms with E-state index in [4.69, 9.17) is 0 Å². The summed E-state index contributed by atoms with van der Waals surface area (Å²) in [6, 6.07) is 4.22. The van der Waals surface area contributed by atoms with Crippen LogP contribution < -0.4 is 4.90 Å². The molecule has 2 rings (SSSR count). The van der Waals surface area contributed by atoms with Crippen molar-refractivity contribution in [1.29, 1.82) is 0 Å². The smallest absolute Gasteiger partial charge is 0.223 e. The number of carbonyl (C=O) groups excluding carboxylic acids is 1. The molecule has 1 amide bonds. The molecule has 2 nitrogen and oxygen atoms in total. The minimum Gasteiger partial charge on any atom is -0.312 e. The lowest BCUT2D eigenvalue weighted by molar-refractivity contribution is -0.116. The fourth-order valence-electron chi connectivity index (χ4n) is 1.87. The first kappa shape index (κ1) is 11.0. The van der Waals surface area contributed by atoms with Crippen LogP contribution in [0.5, 0.6) is 0 Å². The van der Waals surface area contributed by atoms with Crippen LogP contribution in [0.3, 0.4) is 0 Å². The topological polar surface area (TPSA) is 20.3 Å². The number of anilines is 1. The summed E-state index contributed by atoms with van der Waals surface area (Å²) in [5.74, 6) is 0.123. The minimum atomic E-state index is 0.123. The van der Waals surface area contributed by atoms with E-state index in [0.29, 0.717) is 0 Å². The number of carbonyl (C=O) groups is 1. The van der Waals surface area contributed by atoms with Crippen LogP contribution >= 0.6 is 27.7 Å². The van der Waals surface area contributed by atoms with Gasteiger partial charge in [-0.25, -0.2) is 0 Å². The molecule has 1 aromatic carbocycles. The number of hydrogen-bond donors (Lipinski definition) is 0. The molecule has 0 radical (unpaired) electrons. The maximum absolute atomic E-state index is 11.4. The van der Waals surface area contributed by atoms with E-state index >= 15 is 0 Å². The predicted octanol–water partition coefficient (Wildman–Crippen LogP) is 3.08. The van der Waals surface area contributed by atoms with Crippen molar-refractivity contribution >= 4 is 39.3 Å². The van der Waals surface area contributed by atoms with Crippen molar-refractivity contribution in [2.45, 2.75) is 18.2 Å². The van der Waals surface area contributed by atoms with E-state index in [1.54, 1.807) is 18.7 Å². The SMILES string of the molecule is CSc1cc2c(cc1Br)N(C(C)=O)CC2. The number of fused-ring (bicyclic) bond motifs is 1. The molecule has 1 aliphatic rings. The largest absolute Gasteiger partial charge is 0.312 e. The Morgan fingerprint density at radius 3 is 2.87 bits per heavy atom. The van der Waals surface area contributed by atoms with Gasteiger partial charge < -0.3 is 4.90 Å². The highest BCUT2D eigenvalue weighted by Gasteiger charge is 2.23. The molecule has 0 saturated heterocycles. The number of benzene rings is 1. The van der Waals surface area contributed by atoms with E-state index in [2.05, 4.69) is 34.3 Å². The van der Waals surface area contributed by atoms with Gasteiger partial charge in [-0.05, 0) is 46.3 Å². The number of rotatable bonds is 1. The van der Waals surface area contributed by atoms with Gasteiger partial charge in [0.05, 0.1) is 0 Å². The Hall–Kier alpha value is -0.480. The average Bonchev–Trinajstić information content (AvgIpc) is 2.59. The fraction of sp³-hybridized carbons (Fsp3) is 0.364. The first-order valence-electron chi connectivity index (χ1n) is 4.78. The third-order valence-electron chi connectivity index (χ3n) is 2.63. The Labute approximate surface area is 102 Å². The molecule has 1 heterocycles. The number of amides is 1. The van der Waals surface area contributed by atoms with E-state index in [0.717, 1.165) is 23.1 Å². The maximum Gasteiger partial charge on any atom is 0.223 e. The van der Waals surface area contributed by atoms with Crippen LogP contribution in [0, 0.1) is 0 Å². The first-order chi connectivity index (χ1) is 7.13. The Bertz CT molecular complexity index is 419. The van der Waals surface area contributed by atoms with Crippen LogP contribution in [0.1, 0.15) is 12.5 Å². The molecular formula is C11H12BrNOS. The van der Waals surface area contributed by atoms with Gasteiger partial charge in [-0.3, -0.25) is 4.79 Å². The summed E-state index contributed by atoms with van der Waals surface area (Å²) in [6.45, 7) is 2.43. The van der Waals surface area contributed by atoms with Gasteiger partial charge in [0.2, 0.25) is 5.91 Å².